The lowest BCUT2D eigenvalue weighted by atomic mass is 10.2. The predicted molar refractivity (Wildman–Crippen MR) is 113 cm³/mol. The van der Waals surface area contributed by atoms with E-state index in [1.165, 1.54) is 12.1 Å². The molecule has 2 N–H and O–H groups in total. The Bertz CT molecular complexity index is 1010. The third-order valence-electron chi connectivity index (χ3n) is 3.84. The molecule has 0 bridgehead atoms. The number of carbonyl (C=O) groups excluding carboxylic acids is 2. The second-order valence-electron chi connectivity index (χ2n) is 6.17. The van der Waals surface area contributed by atoms with Crippen LogP contribution in [-0.2, 0) is 19.6 Å². The second-order valence-corrected chi connectivity index (χ2v) is 9.51. The summed E-state index contributed by atoms with van der Waals surface area (Å²) in [5.74, 6) is -1.28. The van der Waals surface area contributed by atoms with E-state index >= 15 is 0 Å². The van der Waals surface area contributed by atoms with Gasteiger partial charge in [-0.1, -0.05) is 11.6 Å². The highest BCUT2D eigenvalue weighted by Crippen LogP contribution is 2.24. The van der Waals surface area contributed by atoms with Crippen molar-refractivity contribution < 1.29 is 22.7 Å². The summed E-state index contributed by atoms with van der Waals surface area (Å²) in [7, 11) is -3.94. The van der Waals surface area contributed by atoms with Gasteiger partial charge in [0.25, 0.3) is 15.9 Å². The van der Waals surface area contributed by atoms with Gasteiger partial charge < -0.3 is 10.1 Å². The fourth-order valence-corrected chi connectivity index (χ4v) is 3.90. The van der Waals surface area contributed by atoms with Gasteiger partial charge in [-0.05, 0) is 77.9 Å². The maximum absolute atomic E-state index is 12.6. The average Bonchev–Trinajstić information content (AvgIpc) is 3.45. The quantitative estimate of drug-likeness (QED) is 0.420. The van der Waals surface area contributed by atoms with Crippen LogP contribution in [0.3, 0.4) is 0 Å². The fraction of sp³-hybridized carbons (Fsp3) is 0.222. The number of sulfonamides is 1. The Balaban J connectivity index is 1.72. The molecule has 0 aromatic heterocycles. The number of benzene rings is 2. The van der Waals surface area contributed by atoms with Gasteiger partial charge in [-0.2, -0.15) is 0 Å². The maximum atomic E-state index is 12.6. The van der Waals surface area contributed by atoms with Gasteiger partial charge in [-0.25, -0.2) is 13.2 Å². The molecule has 28 heavy (non-hydrogen) atoms. The molecule has 3 rings (SSSR count). The monoisotopic (exact) mass is 534 g/mol. The zero-order valence-corrected chi connectivity index (χ0v) is 18.2. The molecular formula is C18H16ClIN2O5S. The molecule has 2 aromatic rings. The first-order valence-electron chi connectivity index (χ1n) is 8.29. The number of esters is 1. The van der Waals surface area contributed by atoms with Gasteiger partial charge >= 0.3 is 5.97 Å². The molecule has 0 radical (unpaired) electrons. The first-order valence-corrected chi connectivity index (χ1v) is 11.2. The molecule has 7 nitrogen and oxygen atoms in total. The van der Waals surface area contributed by atoms with E-state index in [4.69, 9.17) is 16.3 Å². The van der Waals surface area contributed by atoms with Crippen LogP contribution in [0, 0.1) is 3.57 Å². The normalized spacial score (nSPS) is 13.6. The number of nitrogens with one attached hydrogen (secondary N) is 2. The summed E-state index contributed by atoms with van der Waals surface area (Å²) in [6.45, 7) is -0.455. The first kappa shape index (κ1) is 20.9. The van der Waals surface area contributed by atoms with Crippen molar-refractivity contribution in [1.29, 1.82) is 0 Å². The molecule has 0 heterocycles. The molecule has 0 aliphatic heterocycles. The van der Waals surface area contributed by atoms with Gasteiger partial charge in [0.05, 0.1) is 15.5 Å². The van der Waals surface area contributed by atoms with Gasteiger partial charge in [0.1, 0.15) is 0 Å². The zero-order chi connectivity index (χ0) is 20.3. The summed E-state index contributed by atoms with van der Waals surface area (Å²) in [6, 6.07) is 10.6. The molecule has 10 heteroatoms. The van der Waals surface area contributed by atoms with Crippen molar-refractivity contribution in [1.82, 2.24) is 5.32 Å². The number of carbonyl (C=O) groups is 2. The minimum atomic E-state index is -3.94. The molecule has 1 fully saturated rings. The number of hydrogen-bond acceptors (Lipinski definition) is 5. The predicted octanol–water partition coefficient (Wildman–Crippen LogP) is 3.18. The largest absolute Gasteiger partial charge is 0.452 e. The highest BCUT2D eigenvalue weighted by Gasteiger charge is 2.24. The molecule has 1 aliphatic rings. The lowest BCUT2D eigenvalue weighted by Crippen LogP contribution is -2.30. The van der Waals surface area contributed by atoms with E-state index in [2.05, 4.69) is 32.6 Å². The summed E-state index contributed by atoms with van der Waals surface area (Å²) < 4.78 is 33.5. The number of amides is 1. The van der Waals surface area contributed by atoms with Gasteiger partial charge in [0.15, 0.2) is 6.61 Å². The molecular weight excluding hydrogens is 519 g/mol. The number of rotatable bonds is 7. The number of halogens is 2. The van der Waals surface area contributed by atoms with E-state index in [0.717, 1.165) is 22.5 Å². The number of anilines is 1. The second kappa shape index (κ2) is 8.66. The Kier molecular flexibility index (Phi) is 6.46. The molecule has 1 saturated carbocycles. The van der Waals surface area contributed by atoms with Crippen LogP contribution in [0.2, 0.25) is 5.02 Å². The number of hydrogen-bond donors (Lipinski definition) is 2. The van der Waals surface area contributed by atoms with Crippen molar-refractivity contribution in [3.63, 3.8) is 0 Å². The zero-order valence-electron chi connectivity index (χ0n) is 14.4. The average molecular weight is 535 g/mol. The lowest BCUT2D eigenvalue weighted by Gasteiger charge is -2.11. The summed E-state index contributed by atoms with van der Waals surface area (Å²) in [5.41, 5.74) is 0.252. The third kappa shape index (κ3) is 5.58. The van der Waals surface area contributed by atoms with E-state index < -0.39 is 28.5 Å². The smallest absolute Gasteiger partial charge is 0.340 e. The van der Waals surface area contributed by atoms with Gasteiger partial charge in [-0.15, -0.1) is 0 Å². The van der Waals surface area contributed by atoms with Gasteiger partial charge in [-0.3, -0.25) is 9.52 Å². The Morgan fingerprint density at radius 1 is 1.14 bits per heavy atom. The third-order valence-corrected chi connectivity index (χ3v) is 6.27. The topological polar surface area (TPSA) is 102 Å². The minimum absolute atomic E-state index is 0.0285. The van der Waals surface area contributed by atoms with Crippen LogP contribution >= 0.6 is 34.2 Å². The molecule has 1 amide bonds. The summed E-state index contributed by atoms with van der Waals surface area (Å²) >= 11 is 8.12. The highest BCUT2D eigenvalue weighted by molar-refractivity contribution is 14.1. The van der Waals surface area contributed by atoms with Crippen LogP contribution in [0.5, 0.6) is 0 Å². The van der Waals surface area contributed by atoms with Crippen LogP contribution in [0.15, 0.2) is 47.4 Å². The molecule has 0 spiro atoms. The van der Waals surface area contributed by atoms with E-state index in [1.807, 2.05) is 0 Å². The van der Waals surface area contributed by atoms with Crippen molar-refractivity contribution in [2.24, 2.45) is 0 Å². The molecule has 2 aromatic carbocycles. The Morgan fingerprint density at radius 3 is 2.46 bits per heavy atom. The van der Waals surface area contributed by atoms with E-state index in [-0.39, 0.29) is 21.5 Å². The Hall–Kier alpha value is -1.85. The van der Waals surface area contributed by atoms with Gasteiger partial charge in [0.2, 0.25) is 0 Å². The Morgan fingerprint density at radius 2 is 1.82 bits per heavy atom. The summed E-state index contributed by atoms with van der Waals surface area (Å²) in [6.07, 6.45) is 1.83. The molecule has 0 atom stereocenters. The van der Waals surface area contributed by atoms with Crippen LogP contribution in [0.1, 0.15) is 23.2 Å². The van der Waals surface area contributed by atoms with Crippen LogP contribution in [0.4, 0.5) is 5.69 Å². The van der Waals surface area contributed by atoms with Crippen molar-refractivity contribution in [2.45, 2.75) is 23.8 Å². The van der Waals surface area contributed by atoms with Crippen molar-refractivity contribution in [3.8, 4) is 0 Å². The lowest BCUT2D eigenvalue weighted by molar-refractivity contribution is -0.124. The van der Waals surface area contributed by atoms with E-state index in [0.29, 0.717) is 5.69 Å². The van der Waals surface area contributed by atoms with Crippen LogP contribution in [0.25, 0.3) is 0 Å². The van der Waals surface area contributed by atoms with Gasteiger partial charge in [0, 0.05) is 15.3 Å². The van der Waals surface area contributed by atoms with Crippen molar-refractivity contribution in [2.75, 3.05) is 11.3 Å². The van der Waals surface area contributed by atoms with E-state index in [9.17, 15) is 18.0 Å². The standard InChI is InChI=1S/C18H16ClIN2O5S/c19-16-8-7-14(28(25,26)22-13-3-1-11(20)2-4-13)9-15(16)18(24)27-10-17(23)21-12-5-6-12/h1-4,7-9,12,22H,5-6,10H2,(H,21,23). The van der Waals surface area contributed by atoms with Crippen LogP contribution < -0.4 is 10.0 Å². The summed E-state index contributed by atoms with van der Waals surface area (Å²) in [4.78, 5) is 23.7. The SMILES string of the molecule is O=C(COC(=O)c1cc(S(=O)(=O)Nc2ccc(I)cc2)ccc1Cl)NC1CC1. The van der Waals surface area contributed by atoms with Crippen molar-refractivity contribution in [3.05, 3.63) is 56.6 Å². The first-order chi connectivity index (χ1) is 13.2. The molecule has 0 saturated heterocycles. The fourth-order valence-electron chi connectivity index (χ4n) is 2.27. The maximum Gasteiger partial charge on any atom is 0.340 e. The van der Waals surface area contributed by atoms with Crippen molar-refractivity contribution >= 4 is 61.8 Å². The molecule has 1 aliphatic carbocycles. The minimum Gasteiger partial charge on any atom is -0.452 e. The molecule has 0 unspecified atom stereocenters. The molecule has 148 valence electrons. The van der Waals surface area contributed by atoms with Crippen LogP contribution in [-0.4, -0.2) is 32.9 Å². The summed E-state index contributed by atoms with van der Waals surface area (Å²) in [5, 5.41) is 2.72. The number of ether oxygens (including phenoxy) is 1. The Labute approximate surface area is 181 Å². The van der Waals surface area contributed by atoms with E-state index in [1.54, 1.807) is 24.3 Å². The highest BCUT2D eigenvalue weighted by atomic mass is 127.